The summed E-state index contributed by atoms with van der Waals surface area (Å²) in [5.41, 5.74) is 7.47. The first-order valence-electron chi connectivity index (χ1n) is 11.2. The molecule has 4 aromatic carbocycles. The zero-order valence-corrected chi connectivity index (χ0v) is 18.2. The summed E-state index contributed by atoms with van der Waals surface area (Å²) < 4.78 is 8.61. The SMILES string of the molecule is CCC(C)n1c(-c2ccc(-c3cccc4c3oc3ccccc34)cc2)nc2ccccc21. The van der Waals surface area contributed by atoms with Crippen molar-refractivity contribution in [2.45, 2.75) is 26.3 Å². The summed E-state index contributed by atoms with van der Waals surface area (Å²) in [6, 6.07) is 32.1. The van der Waals surface area contributed by atoms with Crippen molar-refractivity contribution >= 4 is 33.0 Å². The minimum absolute atomic E-state index is 0.376. The Morgan fingerprint density at radius 3 is 2.34 bits per heavy atom. The van der Waals surface area contributed by atoms with Crippen molar-refractivity contribution < 1.29 is 4.42 Å². The third-order valence-corrected chi connectivity index (χ3v) is 6.49. The van der Waals surface area contributed by atoms with Crippen molar-refractivity contribution in [1.29, 1.82) is 0 Å². The van der Waals surface area contributed by atoms with Crippen LogP contribution in [0.15, 0.2) is 95.4 Å². The molecular weight excluding hydrogens is 392 g/mol. The number of nitrogens with zero attached hydrogens (tertiary/aromatic N) is 2. The van der Waals surface area contributed by atoms with Crippen LogP contribution in [0.3, 0.4) is 0 Å². The molecule has 2 aromatic heterocycles. The molecule has 0 radical (unpaired) electrons. The Kier molecular flexibility index (Phi) is 4.36. The first-order chi connectivity index (χ1) is 15.7. The lowest BCUT2D eigenvalue weighted by Crippen LogP contribution is -2.05. The molecule has 6 aromatic rings. The average molecular weight is 417 g/mol. The monoisotopic (exact) mass is 416 g/mol. The van der Waals surface area contributed by atoms with Crippen LogP contribution in [0.5, 0.6) is 0 Å². The molecule has 0 aliphatic carbocycles. The highest BCUT2D eigenvalue weighted by molar-refractivity contribution is 6.09. The summed E-state index contributed by atoms with van der Waals surface area (Å²) in [6.07, 6.45) is 1.06. The van der Waals surface area contributed by atoms with Crippen molar-refractivity contribution in [2.75, 3.05) is 0 Å². The Morgan fingerprint density at radius 2 is 1.50 bits per heavy atom. The molecule has 156 valence electrons. The van der Waals surface area contributed by atoms with Gasteiger partial charge >= 0.3 is 0 Å². The number of para-hydroxylation sites is 4. The molecule has 0 saturated carbocycles. The van der Waals surface area contributed by atoms with Crippen LogP contribution < -0.4 is 0 Å². The first-order valence-corrected chi connectivity index (χ1v) is 11.2. The fourth-order valence-corrected chi connectivity index (χ4v) is 4.65. The van der Waals surface area contributed by atoms with Crippen molar-refractivity contribution in [2.24, 2.45) is 0 Å². The Hall–Kier alpha value is -3.85. The number of benzene rings is 4. The van der Waals surface area contributed by atoms with E-state index in [4.69, 9.17) is 9.40 Å². The molecule has 0 saturated heterocycles. The lowest BCUT2D eigenvalue weighted by Gasteiger charge is -2.16. The highest BCUT2D eigenvalue weighted by Gasteiger charge is 2.17. The maximum Gasteiger partial charge on any atom is 0.143 e. The summed E-state index contributed by atoms with van der Waals surface area (Å²) in [5, 5.41) is 2.31. The second kappa shape index (κ2) is 7.38. The number of hydrogen-bond donors (Lipinski definition) is 0. The van der Waals surface area contributed by atoms with Crippen LogP contribution >= 0.6 is 0 Å². The van der Waals surface area contributed by atoms with Gasteiger partial charge in [0.2, 0.25) is 0 Å². The summed E-state index contributed by atoms with van der Waals surface area (Å²) in [5.74, 6) is 1.02. The van der Waals surface area contributed by atoms with Gasteiger partial charge in [-0.3, -0.25) is 0 Å². The molecule has 2 heterocycles. The average Bonchev–Trinajstić information content (AvgIpc) is 3.42. The van der Waals surface area contributed by atoms with Crippen LogP contribution in [0.4, 0.5) is 0 Å². The van der Waals surface area contributed by atoms with Gasteiger partial charge in [-0.25, -0.2) is 4.98 Å². The zero-order chi connectivity index (χ0) is 21.7. The van der Waals surface area contributed by atoms with Crippen LogP contribution in [0.1, 0.15) is 26.3 Å². The van der Waals surface area contributed by atoms with E-state index in [2.05, 4.69) is 97.3 Å². The van der Waals surface area contributed by atoms with E-state index < -0.39 is 0 Å². The summed E-state index contributed by atoms with van der Waals surface area (Å²) >= 11 is 0. The van der Waals surface area contributed by atoms with Gasteiger partial charge in [-0.15, -0.1) is 0 Å². The molecule has 6 rings (SSSR count). The van der Waals surface area contributed by atoms with Gasteiger partial charge in [0.05, 0.1) is 11.0 Å². The standard InChI is InChI=1S/C29H24N2O/c1-3-19(2)31-26-13-6-5-12-25(26)30-29(31)21-17-15-20(16-18-21)22-10-8-11-24-23-9-4-7-14-27(23)32-28(22)24/h4-19H,3H2,1-2H3. The Bertz CT molecular complexity index is 1570. The molecule has 1 unspecified atom stereocenters. The summed E-state index contributed by atoms with van der Waals surface area (Å²) in [7, 11) is 0. The van der Waals surface area contributed by atoms with Gasteiger partial charge in [0.25, 0.3) is 0 Å². The molecule has 32 heavy (non-hydrogen) atoms. The predicted octanol–water partition coefficient (Wildman–Crippen LogP) is 8.24. The minimum Gasteiger partial charge on any atom is -0.455 e. The third kappa shape index (κ3) is 2.85. The quantitative estimate of drug-likeness (QED) is 0.290. The molecule has 0 N–H and O–H groups in total. The van der Waals surface area contributed by atoms with Gasteiger partial charge in [0.15, 0.2) is 0 Å². The minimum atomic E-state index is 0.376. The summed E-state index contributed by atoms with van der Waals surface area (Å²) in [6.45, 7) is 4.48. The van der Waals surface area contributed by atoms with Crippen molar-refractivity contribution in [1.82, 2.24) is 9.55 Å². The van der Waals surface area contributed by atoms with Crippen molar-refractivity contribution in [3.05, 3.63) is 91.0 Å². The smallest absolute Gasteiger partial charge is 0.143 e. The second-order valence-corrected chi connectivity index (χ2v) is 8.41. The van der Waals surface area contributed by atoms with E-state index in [9.17, 15) is 0 Å². The summed E-state index contributed by atoms with van der Waals surface area (Å²) in [4.78, 5) is 4.98. The van der Waals surface area contributed by atoms with E-state index in [1.807, 2.05) is 12.1 Å². The maximum absolute atomic E-state index is 6.24. The third-order valence-electron chi connectivity index (χ3n) is 6.49. The molecule has 1 atom stereocenters. The van der Waals surface area contributed by atoms with Crippen LogP contribution in [0, 0.1) is 0 Å². The topological polar surface area (TPSA) is 31.0 Å². The van der Waals surface area contributed by atoms with Gasteiger partial charge in [-0.1, -0.05) is 79.7 Å². The van der Waals surface area contributed by atoms with Gasteiger partial charge in [0.1, 0.15) is 17.0 Å². The highest BCUT2D eigenvalue weighted by atomic mass is 16.3. The fourth-order valence-electron chi connectivity index (χ4n) is 4.65. The first kappa shape index (κ1) is 18.9. The molecule has 0 spiro atoms. The number of aromatic nitrogens is 2. The molecule has 3 heteroatoms. The van der Waals surface area contributed by atoms with Crippen molar-refractivity contribution in [3.63, 3.8) is 0 Å². The van der Waals surface area contributed by atoms with Crippen LogP contribution in [-0.4, -0.2) is 9.55 Å². The number of hydrogen-bond acceptors (Lipinski definition) is 2. The van der Waals surface area contributed by atoms with Gasteiger partial charge in [-0.2, -0.15) is 0 Å². The van der Waals surface area contributed by atoms with Crippen LogP contribution in [0.2, 0.25) is 0 Å². The van der Waals surface area contributed by atoms with E-state index >= 15 is 0 Å². The fraction of sp³-hybridized carbons (Fsp3) is 0.138. The normalized spacial score (nSPS) is 12.7. The lowest BCUT2D eigenvalue weighted by molar-refractivity contribution is 0.550. The Balaban J connectivity index is 1.48. The van der Waals surface area contributed by atoms with Gasteiger partial charge in [-0.05, 0) is 37.1 Å². The van der Waals surface area contributed by atoms with Gasteiger partial charge < -0.3 is 8.98 Å². The lowest BCUT2D eigenvalue weighted by atomic mass is 10.0. The van der Waals surface area contributed by atoms with E-state index in [-0.39, 0.29) is 0 Å². The number of fused-ring (bicyclic) bond motifs is 4. The second-order valence-electron chi connectivity index (χ2n) is 8.41. The number of furan rings is 1. The van der Waals surface area contributed by atoms with E-state index in [0.29, 0.717) is 6.04 Å². The van der Waals surface area contributed by atoms with E-state index in [1.165, 1.54) is 5.52 Å². The zero-order valence-electron chi connectivity index (χ0n) is 18.2. The van der Waals surface area contributed by atoms with Crippen LogP contribution in [-0.2, 0) is 0 Å². The molecule has 0 fully saturated rings. The Labute approximate surface area is 186 Å². The predicted molar refractivity (Wildman–Crippen MR) is 133 cm³/mol. The molecule has 0 bridgehead atoms. The largest absolute Gasteiger partial charge is 0.455 e. The molecule has 0 amide bonds. The molecule has 0 aliphatic heterocycles. The molecule has 3 nitrogen and oxygen atoms in total. The molecule has 0 aliphatic rings. The Morgan fingerprint density at radius 1 is 0.781 bits per heavy atom. The van der Waals surface area contributed by atoms with Crippen molar-refractivity contribution in [3.8, 4) is 22.5 Å². The van der Waals surface area contributed by atoms with E-state index in [1.54, 1.807) is 0 Å². The van der Waals surface area contributed by atoms with Crippen LogP contribution in [0.25, 0.3) is 55.5 Å². The molecular formula is C29H24N2O. The highest BCUT2D eigenvalue weighted by Crippen LogP contribution is 2.37. The van der Waals surface area contributed by atoms with E-state index in [0.717, 1.165) is 56.4 Å². The number of imidazole rings is 1. The number of rotatable bonds is 4. The maximum atomic E-state index is 6.24. The van der Waals surface area contributed by atoms with Gasteiger partial charge in [0, 0.05) is 27.9 Å².